The number of hydrogen-bond acceptors (Lipinski definition) is 7. The number of amides is 3. The van der Waals surface area contributed by atoms with Gasteiger partial charge in [-0.1, -0.05) is 30.3 Å². The molecule has 0 saturated carbocycles. The van der Waals surface area contributed by atoms with Crippen LogP contribution in [0.15, 0.2) is 41.6 Å². The predicted octanol–water partition coefficient (Wildman–Crippen LogP) is -0.392. The molecule has 2 saturated heterocycles. The van der Waals surface area contributed by atoms with E-state index >= 15 is 0 Å². The van der Waals surface area contributed by atoms with Gasteiger partial charge < -0.3 is 24.8 Å². The molecule has 176 valence electrons. The number of nitrogens with zero attached hydrogens (tertiary/aromatic N) is 2. The number of carboxylic acids is 1. The Morgan fingerprint density at radius 1 is 1.12 bits per heavy atom. The number of β-lactam (4-membered cyclic amide) rings is 1. The number of nitrogens with one attached hydrogen (secondary N) is 1. The Labute approximate surface area is 217 Å². The van der Waals surface area contributed by atoms with Crippen LogP contribution in [0.2, 0.25) is 0 Å². The van der Waals surface area contributed by atoms with Crippen molar-refractivity contribution in [3.05, 3.63) is 47.2 Å². The Kier molecular flexibility index (Phi) is 8.01. The van der Waals surface area contributed by atoms with Gasteiger partial charge in [0.05, 0.1) is 6.04 Å². The van der Waals surface area contributed by atoms with E-state index in [2.05, 4.69) is 5.32 Å². The van der Waals surface area contributed by atoms with Gasteiger partial charge in [-0.2, -0.15) is 0 Å². The molecule has 3 aliphatic heterocycles. The first kappa shape index (κ1) is 25.7. The number of carbonyl (C=O) groups is 5. The maximum atomic E-state index is 12.8. The summed E-state index contributed by atoms with van der Waals surface area (Å²) < 4.78 is 10.1. The molecule has 3 aliphatic rings. The number of rotatable bonds is 7. The van der Waals surface area contributed by atoms with E-state index in [1.807, 2.05) is 18.2 Å². The van der Waals surface area contributed by atoms with Crippen molar-refractivity contribution in [2.75, 3.05) is 19.7 Å². The molecular weight excluding hydrogens is 457 g/mol. The quantitative estimate of drug-likeness (QED) is 0.305. The number of carbonyl (C=O) groups excluding carboxylic acids is 4. The van der Waals surface area contributed by atoms with Crippen LogP contribution < -0.4 is 5.32 Å². The maximum absolute atomic E-state index is 12.8. The van der Waals surface area contributed by atoms with Crippen molar-refractivity contribution in [1.82, 2.24) is 15.1 Å². The zero-order chi connectivity index (χ0) is 23.7. The zero-order valence-electron chi connectivity index (χ0n) is 17.9. The van der Waals surface area contributed by atoms with E-state index in [-0.39, 0.29) is 73.9 Å². The van der Waals surface area contributed by atoms with Crippen LogP contribution in [-0.4, -0.2) is 106 Å². The fraction of sp³-hybridized carbons (Fsp3) is 0.409. The second-order valence-electron chi connectivity index (χ2n) is 8.10. The summed E-state index contributed by atoms with van der Waals surface area (Å²) >= 11 is 0. The van der Waals surface area contributed by atoms with E-state index in [1.54, 1.807) is 12.1 Å². The Bertz CT molecular complexity index is 1040. The molecule has 0 aliphatic carbocycles. The first-order valence-electron chi connectivity index (χ1n) is 10.4. The van der Waals surface area contributed by atoms with E-state index in [9.17, 15) is 29.1 Å². The van der Waals surface area contributed by atoms with Crippen molar-refractivity contribution in [2.45, 2.75) is 32.0 Å². The summed E-state index contributed by atoms with van der Waals surface area (Å²) in [5.74, 6) is -3.18. The molecule has 0 aromatic heterocycles. The summed E-state index contributed by atoms with van der Waals surface area (Å²) in [5.41, 5.74) is 0.954. The number of benzene rings is 1. The first-order chi connectivity index (χ1) is 15.8. The first-order valence-corrected chi connectivity index (χ1v) is 10.4. The second kappa shape index (κ2) is 10.6. The van der Waals surface area contributed by atoms with Gasteiger partial charge in [0.2, 0.25) is 0 Å². The van der Waals surface area contributed by atoms with Crippen molar-refractivity contribution < 1.29 is 38.6 Å². The number of likely N-dealkylation sites (tertiary alicyclic amines) is 1. The van der Waals surface area contributed by atoms with Gasteiger partial charge in [0.15, 0.2) is 0 Å². The average Bonchev–Trinajstić information content (AvgIpc) is 3.16. The van der Waals surface area contributed by atoms with Gasteiger partial charge in [-0.05, 0) is 17.6 Å². The number of urea groups is 1. The van der Waals surface area contributed by atoms with E-state index in [1.165, 1.54) is 16.7 Å². The zero-order valence-corrected chi connectivity index (χ0v) is 17.9. The van der Waals surface area contributed by atoms with Crippen molar-refractivity contribution >= 4 is 59.4 Å². The van der Waals surface area contributed by atoms with Crippen LogP contribution in [0, 0.1) is 5.92 Å². The molecule has 4 rings (SSSR count). The van der Waals surface area contributed by atoms with Crippen LogP contribution in [0.25, 0.3) is 0 Å². The molecule has 11 nitrogen and oxygen atoms in total. The van der Waals surface area contributed by atoms with Gasteiger partial charge in [-0.25, -0.2) is 9.59 Å². The molecule has 3 atom stereocenters. The van der Waals surface area contributed by atoms with Gasteiger partial charge in [0.1, 0.15) is 31.5 Å². The van der Waals surface area contributed by atoms with Gasteiger partial charge in [-0.15, -0.1) is 0 Å². The number of carboxylic acid groups (broad SMARTS) is 1. The molecule has 0 radical (unpaired) electrons. The molecule has 1 aromatic carbocycles. The van der Waals surface area contributed by atoms with Crippen molar-refractivity contribution in [1.29, 1.82) is 0 Å². The molecule has 2 N–H and O–H groups in total. The molecular formula is C22H24N3NaO8. The van der Waals surface area contributed by atoms with E-state index in [0.29, 0.717) is 5.57 Å². The van der Waals surface area contributed by atoms with Gasteiger partial charge in [-0.3, -0.25) is 19.3 Å². The molecule has 1 aromatic rings. The van der Waals surface area contributed by atoms with Crippen molar-refractivity contribution in [2.24, 2.45) is 5.92 Å². The minimum absolute atomic E-state index is 0. The Morgan fingerprint density at radius 3 is 2.47 bits per heavy atom. The van der Waals surface area contributed by atoms with Crippen LogP contribution >= 0.6 is 0 Å². The Balaban J connectivity index is 0.00000324. The summed E-state index contributed by atoms with van der Waals surface area (Å²) in [4.78, 5) is 62.9. The minimum atomic E-state index is -1.29. The summed E-state index contributed by atoms with van der Waals surface area (Å²) in [5, 5.41) is 12.1. The van der Waals surface area contributed by atoms with Gasteiger partial charge >= 0.3 is 53.5 Å². The van der Waals surface area contributed by atoms with Crippen LogP contribution in [0.3, 0.4) is 0 Å². The molecule has 0 bridgehead atoms. The van der Waals surface area contributed by atoms with Crippen LogP contribution in [0.5, 0.6) is 0 Å². The number of ether oxygens (including phenoxy) is 2. The Hall–Kier alpha value is -2.89. The second-order valence-corrected chi connectivity index (χ2v) is 8.10. The molecule has 2 fully saturated rings. The number of esters is 2. The molecule has 3 heterocycles. The third-order valence-corrected chi connectivity index (χ3v) is 5.99. The summed E-state index contributed by atoms with van der Waals surface area (Å²) in [7, 11) is 0. The summed E-state index contributed by atoms with van der Waals surface area (Å²) in [6, 6.07) is 7.24. The fourth-order valence-electron chi connectivity index (χ4n) is 4.60. The third-order valence-electron chi connectivity index (χ3n) is 5.99. The average molecular weight is 481 g/mol. The standard InChI is InChI=1S/C22H23N3O8.Na.H/c1-12(26)32-11-15-7-14-9-24(19-17(14)25(20(19)28)18(15)21(29)30)22(31)23-8-16(27)33-10-13-5-3-2-4-6-13;;/h2-6,14,17,19H,7-11H2,1H3,(H,23,31)(H,29,30);;/t14-,17-,19+;;/m1../s1. The van der Waals surface area contributed by atoms with Gasteiger partial charge in [0.25, 0.3) is 5.91 Å². The monoisotopic (exact) mass is 481 g/mol. The predicted molar refractivity (Wildman–Crippen MR) is 117 cm³/mol. The molecule has 0 spiro atoms. The van der Waals surface area contributed by atoms with Crippen molar-refractivity contribution in [3.8, 4) is 0 Å². The topological polar surface area (TPSA) is 143 Å². The molecule has 0 unspecified atom stereocenters. The number of aliphatic carboxylic acids is 1. The van der Waals surface area contributed by atoms with E-state index < -0.39 is 41.9 Å². The molecule has 34 heavy (non-hydrogen) atoms. The van der Waals surface area contributed by atoms with Crippen LogP contribution in [0.4, 0.5) is 4.79 Å². The normalized spacial score (nSPS) is 22.3. The van der Waals surface area contributed by atoms with Crippen molar-refractivity contribution in [3.63, 3.8) is 0 Å². The van der Waals surface area contributed by atoms with E-state index in [4.69, 9.17) is 9.47 Å². The Morgan fingerprint density at radius 2 is 1.82 bits per heavy atom. The van der Waals surface area contributed by atoms with Crippen LogP contribution in [-0.2, 0) is 35.3 Å². The molecule has 12 heteroatoms. The molecule has 3 amide bonds. The van der Waals surface area contributed by atoms with E-state index in [0.717, 1.165) is 5.56 Å². The summed E-state index contributed by atoms with van der Waals surface area (Å²) in [6.07, 6.45) is 0.281. The number of hydrogen-bond donors (Lipinski definition) is 2. The third kappa shape index (κ3) is 4.96. The summed E-state index contributed by atoms with van der Waals surface area (Å²) in [6.45, 7) is 0.906. The fourth-order valence-corrected chi connectivity index (χ4v) is 4.60. The van der Waals surface area contributed by atoms with Gasteiger partial charge in [0, 0.05) is 19.4 Å². The van der Waals surface area contributed by atoms with Crippen LogP contribution in [0.1, 0.15) is 18.9 Å². The SMILES string of the molecule is CC(=O)OCC1=C(C(=O)O)N2C(=O)[C@@H]3[C@H]2[C@H](C1)CN3C(=O)NCC(=O)OCc1ccccc1.[NaH].